The number of fused-ring (bicyclic) bond motifs is 1. The molecule has 0 radical (unpaired) electrons. The number of amides is 1. The fraction of sp³-hybridized carbons (Fsp3) is 0.360. The maximum absolute atomic E-state index is 14.4. The molecule has 1 amide bonds. The third kappa shape index (κ3) is 4.25. The van der Waals surface area contributed by atoms with E-state index in [-0.39, 0.29) is 11.8 Å². The molecule has 2 aliphatic rings. The van der Waals surface area contributed by atoms with Gasteiger partial charge in [0.25, 0.3) is 11.5 Å². The van der Waals surface area contributed by atoms with E-state index in [1.54, 1.807) is 18.3 Å². The normalized spacial score (nSPS) is 21.8. The van der Waals surface area contributed by atoms with E-state index in [1.165, 1.54) is 29.3 Å². The van der Waals surface area contributed by atoms with Crippen LogP contribution in [0.2, 0.25) is 0 Å². The van der Waals surface area contributed by atoms with Gasteiger partial charge in [-0.1, -0.05) is 25.0 Å². The number of halogens is 1. The van der Waals surface area contributed by atoms with Crippen LogP contribution >= 0.6 is 0 Å². The first kappa shape index (κ1) is 23.0. The first-order chi connectivity index (χ1) is 17.0. The Morgan fingerprint density at radius 2 is 1.91 bits per heavy atom. The molecule has 0 spiro atoms. The number of carbonyl (C=O) groups excluding carboxylic acids is 1. The molecule has 1 aliphatic heterocycles. The summed E-state index contributed by atoms with van der Waals surface area (Å²) in [4.78, 5) is 45.1. The van der Waals surface area contributed by atoms with Gasteiger partial charge in [0, 0.05) is 6.20 Å². The minimum absolute atomic E-state index is 0.0164. The van der Waals surface area contributed by atoms with E-state index in [2.05, 4.69) is 10.1 Å². The quantitative estimate of drug-likeness (QED) is 0.593. The maximum Gasteiger partial charge on any atom is 0.306 e. The van der Waals surface area contributed by atoms with Crippen LogP contribution in [0.3, 0.4) is 0 Å². The third-order valence-corrected chi connectivity index (χ3v) is 6.78. The summed E-state index contributed by atoms with van der Waals surface area (Å²) in [5.41, 5.74) is -2.82. The molecular weight excluding hydrogens is 455 g/mol. The minimum atomic E-state index is -1.10. The van der Waals surface area contributed by atoms with E-state index < -0.39 is 40.4 Å². The highest BCUT2D eigenvalue weighted by atomic mass is 19.1. The second-order valence-electron chi connectivity index (χ2n) is 8.89. The Morgan fingerprint density at radius 1 is 1.11 bits per heavy atom. The standard InChI is InChI=1S/C25H25FN4O5/c26-17-8-2-3-9-18(17)30-25(34)21(22(31)23(32)28-30)24(33)29(16-7-5-13-27-14-16)20-12-11-15-6-1-4-10-19(15)35-20/h2-3,5,7-9,13-15,19-20,31H,1,4,6,10-12H2,(H,28,32). The lowest BCUT2D eigenvalue weighted by Gasteiger charge is -2.43. The van der Waals surface area contributed by atoms with Gasteiger partial charge in [0.05, 0.1) is 18.0 Å². The molecule has 1 saturated carbocycles. The molecule has 2 N–H and O–H groups in total. The number of aromatic nitrogens is 3. The lowest BCUT2D eigenvalue weighted by atomic mass is 9.81. The van der Waals surface area contributed by atoms with Crippen molar-refractivity contribution < 1.29 is 19.0 Å². The van der Waals surface area contributed by atoms with Crippen molar-refractivity contribution in [1.82, 2.24) is 14.8 Å². The zero-order chi connectivity index (χ0) is 24.5. The van der Waals surface area contributed by atoms with Gasteiger partial charge in [-0.15, -0.1) is 0 Å². The lowest BCUT2D eigenvalue weighted by Crippen LogP contribution is -2.50. The molecule has 182 valence electrons. The predicted molar refractivity (Wildman–Crippen MR) is 125 cm³/mol. The molecule has 1 aromatic carbocycles. The van der Waals surface area contributed by atoms with Gasteiger partial charge >= 0.3 is 5.56 Å². The number of nitrogens with one attached hydrogen (secondary N) is 1. The fourth-order valence-corrected chi connectivity index (χ4v) is 5.06. The smallest absolute Gasteiger partial charge is 0.306 e. The summed E-state index contributed by atoms with van der Waals surface area (Å²) in [5, 5.41) is 12.7. The molecule has 1 aliphatic carbocycles. The number of rotatable bonds is 4. The summed E-state index contributed by atoms with van der Waals surface area (Å²) in [5.74, 6) is -2.32. The topological polar surface area (TPSA) is 118 Å². The number of para-hydroxylation sites is 1. The van der Waals surface area contributed by atoms with E-state index in [9.17, 15) is 23.9 Å². The minimum Gasteiger partial charge on any atom is -0.502 e. The van der Waals surface area contributed by atoms with Crippen LogP contribution in [-0.2, 0) is 4.74 Å². The van der Waals surface area contributed by atoms with Gasteiger partial charge in [-0.05, 0) is 55.9 Å². The van der Waals surface area contributed by atoms with Crippen molar-refractivity contribution in [2.24, 2.45) is 5.92 Å². The van der Waals surface area contributed by atoms with Gasteiger partial charge in [-0.3, -0.25) is 29.4 Å². The molecule has 0 bridgehead atoms. The average Bonchev–Trinajstić information content (AvgIpc) is 2.87. The Labute approximate surface area is 199 Å². The first-order valence-electron chi connectivity index (χ1n) is 11.7. The molecule has 3 aromatic rings. The second kappa shape index (κ2) is 9.46. The first-order valence-corrected chi connectivity index (χ1v) is 11.7. The molecule has 9 nitrogen and oxygen atoms in total. The van der Waals surface area contributed by atoms with Crippen LogP contribution in [0, 0.1) is 11.7 Å². The zero-order valence-electron chi connectivity index (χ0n) is 18.9. The molecule has 3 unspecified atom stereocenters. The molecule has 2 aromatic heterocycles. The molecule has 1 saturated heterocycles. The number of benzene rings is 1. The lowest BCUT2D eigenvalue weighted by molar-refractivity contribution is -0.0961. The van der Waals surface area contributed by atoms with Gasteiger partial charge in [-0.2, -0.15) is 0 Å². The fourth-order valence-electron chi connectivity index (χ4n) is 5.06. The second-order valence-corrected chi connectivity index (χ2v) is 8.89. The van der Waals surface area contributed by atoms with Gasteiger partial charge < -0.3 is 9.84 Å². The van der Waals surface area contributed by atoms with Crippen molar-refractivity contribution in [1.29, 1.82) is 0 Å². The van der Waals surface area contributed by atoms with E-state index in [4.69, 9.17) is 4.74 Å². The highest BCUT2D eigenvalue weighted by Gasteiger charge is 2.39. The summed E-state index contributed by atoms with van der Waals surface area (Å²) in [6.45, 7) is 0. The number of H-pyrrole nitrogens is 1. The van der Waals surface area contributed by atoms with E-state index in [0.717, 1.165) is 38.2 Å². The Kier molecular flexibility index (Phi) is 6.21. The van der Waals surface area contributed by atoms with Crippen molar-refractivity contribution in [2.75, 3.05) is 4.90 Å². The van der Waals surface area contributed by atoms with Crippen molar-refractivity contribution in [3.63, 3.8) is 0 Å². The predicted octanol–water partition coefficient (Wildman–Crippen LogP) is 3.11. The van der Waals surface area contributed by atoms with Crippen molar-refractivity contribution in [2.45, 2.75) is 50.9 Å². The highest BCUT2D eigenvalue weighted by molar-refractivity contribution is 6.07. The van der Waals surface area contributed by atoms with Gasteiger partial charge in [0.1, 0.15) is 17.7 Å². The SMILES string of the molecule is O=C(c1c(O)c(=O)[nH]n(-c2ccccc2F)c1=O)N(c1cccnc1)C1CCC2CCCCC2O1. The number of carbonyl (C=O) groups is 1. The summed E-state index contributed by atoms with van der Waals surface area (Å²) < 4.78 is 21.4. The maximum atomic E-state index is 14.4. The number of hydrogen-bond acceptors (Lipinski definition) is 6. The number of aromatic hydroxyl groups is 1. The van der Waals surface area contributed by atoms with Crippen LogP contribution in [0.4, 0.5) is 10.1 Å². The van der Waals surface area contributed by atoms with E-state index in [0.29, 0.717) is 22.7 Å². The molecule has 5 rings (SSSR count). The summed E-state index contributed by atoms with van der Waals surface area (Å²) >= 11 is 0. The van der Waals surface area contributed by atoms with Crippen LogP contribution in [0.1, 0.15) is 48.9 Å². The number of aromatic amines is 1. The molecule has 3 heterocycles. The summed E-state index contributed by atoms with van der Waals surface area (Å²) in [6, 6.07) is 8.59. The van der Waals surface area contributed by atoms with Crippen LogP contribution in [-0.4, -0.2) is 38.1 Å². The Morgan fingerprint density at radius 3 is 2.69 bits per heavy atom. The van der Waals surface area contributed by atoms with E-state index in [1.807, 2.05) is 0 Å². The number of hydrogen-bond donors (Lipinski definition) is 2. The average molecular weight is 480 g/mol. The van der Waals surface area contributed by atoms with E-state index >= 15 is 0 Å². The van der Waals surface area contributed by atoms with Crippen LogP contribution in [0.25, 0.3) is 5.69 Å². The monoisotopic (exact) mass is 480 g/mol. The number of nitrogens with zero attached hydrogens (tertiary/aromatic N) is 3. The summed E-state index contributed by atoms with van der Waals surface area (Å²) in [6.07, 6.45) is 7.77. The zero-order valence-corrected chi connectivity index (χ0v) is 18.9. The molecular formula is C25H25FN4O5. The number of ether oxygens (including phenoxy) is 1. The molecule has 2 fully saturated rings. The Hall–Kier alpha value is -3.79. The Balaban J connectivity index is 1.61. The molecule has 35 heavy (non-hydrogen) atoms. The van der Waals surface area contributed by atoms with Gasteiger partial charge in [-0.25, -0.2) is 9.07 Å². The Bertz CT molecular complexity index is 1360. The number of pyridine rings is 1. The van der Waals surface area contributed by atoms with Crippen molar-refractivity contribution in [3.05, 3.63) is 80.9 Å². The largest absolute Gasteiger partial charge is 0.502 e. The number of anilines is 1. The van der Waals surface area contributed by atoms with Crippen LogP contribution in [0.5, 0.6) is 5.75 Å². The summed E-state index contributed by atoms with van der Waals surface area (Å²) in [7, 11) is 0. The highest BCUT2D eigenvalue weighted by Crippen LogP contribution is 2.38. The van der Waals surface area contributed by atoms with Gasteiger partial charge in [0.2, 0.25) is 5.75 Å². The third-order valence-electron chi connectivity index (χ3n) is 6.78. The van der Waals surface area contributed by atoms with Gasteiger partial charge in [0.15, 0.2) is 5.56 Å². The van der Waals surface area contributed by atoms with Crippen LogP contribution < -0.4 is 16.0 Å². The molecule has 3 atom stereocenters. The van der Waals surface area contributed by atoms with Crippen molar-refractivity contribution >= 4 is 11.6 Å². The van der Waals surface area contributed by atoms with Crippen LogP contribution in [0.15, 0.2) is 58.4 Å². The molecule has 10 heteroatoms. The van der Waals surface area contributed by atoms with Crippen molar-refractivity contribution in [3.8, 4) is 11.4 Å².